The first kappa shape index (κ1) is 18.2. The average molecular weight is 400 g/mol. The van der Waals surface area contributed by atoms with Crippen molar-refractivity contribution < 1.29 is 13.2 Å². The summed E-state index contributed by atoms with van der Waals surface area (Å²) in [5.74, 6) is 0. The van der Waals surface area contributed by atoms with Crippen LogP contribution in [0, 0.1) is 6.92 Å². The largest absolute Gasteiger partial charge is 0.322 e. The number of aryl methyl sites for hydroxylation is 1. The quantitative estimate of drug-likeness (QED) is 0.861. The van der Waals surface area contributed by atoms with Crippen LogP contribution < -0.4 is 5.32 Å². The van der Waals surface area contributed by atoms with E-state index in [1.807, 2.05) is 31.2 Å². The summed E-state index contributed by atoms with van der Waals surface area (Å²) in [6.07, 6.45) is 0. The lowest BCUT2D eigenvalue weighted by atomic mass is 10.2. The van der Waals surface area contributed by atoms with Crippen molar-refractivity contribution in [1.82, 2.24) is 9.21 Å². The number of carbonyl (C=O) groups is 1. The Kier molecular flexibility index (Phi) is 5.33. The van der Waals surface area contributed by atoms with Crippen LogP contribution in [0.25, 0.3) is 0 Å². The first-order valence-electron chi connectivity index (χ1n) is 7.74. The predicted molar refractivity (Wildman–Crippen MR) is 99.9 cm³/mol. The summed E-state index contributed by atoms with van der Waals surface area (Å²) in [5.41, 5.74) is 1.79. The van der Waals surface area contributed by atoms with E-state index in [4.69, 9.17) is 11.6 Å². The molecule has 1 N–H and O–H groups in total. The van der Waals surface area contributed by atoms with Gasteiger partial charge in [0.15, 0.2) is 0 Å². The number of amides is 2. The molecule has 1 aliphatic heterocycles. The number of hydrogen-bond acceptors (Lipinski definition) is 4. The Hall–Kier alpha value is -1.61. The molecule has 25 heavy (non-hydrogen) atoms. The third-order valence-corrected chi connectivity index (χ3v) is 7.54. The van der Waals surface area contributed by atoms with Crippen molar-refractivity contribution >= 4 is 44.7 Å². The molecule has 2 heterocycles. The highest BCUT2D eigenvalue weighted by Crippen LogP contribution is 2.28. The molecule has 0 saturated carbocycles. The van der Waals surface area contributed by atoms with Gasteiger partial charge in [0, 0.05) is 31.9 Å². The van der Waals surface area contributed by atoms with Gasteiger partial charge >= 0.3 is 6.03 Å². The van der Waals surface area contributed by atoms with Crippen LogP contribution in [0.4, 0.5) is 10.5 Å². The number of carbonyl (C=O) groups excluding carboxylic acids is 1. The molecule has 6 nitrogen and oxygen atoms in total. The van der Waals surface area contributed by atoms with Crippen molar-refractivity contribution in [2.45, 2.75) is 11.1 Å². The van der Waals surface area contributed by atoms with Gasteiger partial charge in [-0.15, -0.1) is 11.3 Å². The Morgan fingerprint density at radius 1 is 1.16 bits per heavy atom. The van der Waals surface area contributed by atoms with Gasteiger partial charge in [0.2, 0.25) is 0 Å². The average Bonchev–Trinajstić information content (AvgIpc) is 3.02. The maximum absolute atomic E-state index is 12.6. The van der Waals surface area contributed by atoms with Crippen molar-refractivity contribution in [2.75, 3.05) is 31.5 Å². The maximum atomic E-state index is 12.6. The second-order valence-corrected chi connectivity index (χ2v) is 9.63. The topological polar surface area (TPSA) is 69.7 Å². The van der Waals surface area contributed by atoms with Crippen LogP contribution in [-0.4, -0.2) is 49.8 Å². The van der Waals surface area contributed by atoms with E-state index in [9.17, 15) is 13.2 Å². The van der Waals surface area contributed by atoms with E-state index in [1.54, 1.807) is 11.0 Å². The van der Waals surface area contributed by atoms with E-state index in [0.29, 0.717) is 17.4 Å². The number of piperazine rings is 1. The summed E-state index contributed by atoms with van der Waals surface area (Å²) in [6, 6.07) is 10.4. The number of thiophene rings is 1. The molecule has 0 aliphatic carbocycles. The molecule has 9 heteroatoms. The van der Waals surface area contributed by atoms with Gasteiger partial charge in [0.05, 0.1) is 4.34 Å². The summed E-state index contributed by atoms with van der Waals surface area (Å²) < 4.78 is 27.2. The van der Waals surface area contributed by atoms with Crippen LogP contribution in [0.3, 0.4) is 0 Å². The van der Waals surface area contributed by atoms with Gasteiger partial charge in [-0.3, -0.25) is 0 Å². The summed E-state index contributed by atoms with van der Waals surface area (Å²) in [7, 11) is -3.55. The van der Waals surface area contributed by atoms with Crippen LogP contribution >= 0.6 is 22.9 Å². The monoisotopic (exact) mass is 399 g/mol. The van der Waals surface area contributed by atoms with Gasteiger partial charge in [-0.1, -0.05) is 23.7 Å². The smallest absolute Gasteiger partial charge is 0.321 e. The molecule has 0 bridgehead atoms. The zero-order valence-electron chi connectivity index (χ0n) is 13.6. The molecule has 2 aromatic rings. The minimum atomic E-state index is -3.55. The van der Waals surface area contributed by atoms with Crippen molar-refractivity contribution in [3.05, 3.63) is 46.3 Å². The first-order valence-corrected chi connectivity index (χ1v) is 10.4. The Bertz CT molecular complexity index is 874. The van der Waals surface area contributed by atoms with Crippen LogP contribution in [0.5, 0.6) is 0 Å². The number of rotatable bonds is 3. The Morgan fingerprint density at radius 2 is 1.88 bits per heavy atom. The molecule has 1 fully saturated rings. The number of benzene rings is 1. The summed E-state index contributed by atoms with van der Waals surface area (Å²) in [6.45, 7) is 3.17. The van der Waals surface area contributed by atoms with Gasteiger partial charge in [-0.25, -0.2) is 13.2 Å². The SMILES string of the molecule is Cc1cccc(NC(=O)N2CCN(S(=O)(=O)c3ccc(Cl)s3)CC2)c1. The van der Waals surface area contributed by atoms with E-state index < -0.39 is 10.0 Å². The zero-order valence-corrected chi connectivity index (χ0v) is 16.0. The highest BCUT2D eigenvalue weighted by Gasteiger charge is 2.31. The molecule has 1 aliphatic rings. The van der Waals surface area contributed by atoms with Gasteiger partial charge < -0.3 is 10.2 Å². The standard InChI is InChI=1S/C16H18ClN3O3S2/c1-12-3-2-4-13(11-12)18-16(21)19-7-9-20(10-8-19)25(22,23)15-6-5-14(17)24-15/h2-6,11H,7-10H2,1H3,(H,18,21). The fourth-order valence-corrected chi connectivity index (χ4v) is 5.68. The first-order chi connectivity index (χ1) is 11.9. The normalized spacial score (nSPS) is 16.0. The summed E-state index contributed by atoms with van der Waals surface area (Å²) in [4.78, 5) is 14.0. The van der Waals surface area contributed by atoms with Crippen LogP contribution in [-0.2, 0) is 10.0 Å². The molecule has 1 saturated heterocycles. The van der Waals surface area contributed by atoms with Gasteiger partial charge in [0.25, 0.3) is 10.0 Å². The molecule has 1 aromatic heterocycles. The number of urea groups is 1. The lowest BCUT2D eigenvalue weighted by molar-refractivity contribution is 0.184. The lowest BCUT2D eigenvalue weighted by Gasteiger charge is -2.33. The van der Waals surface area contributed by atoms with Gasteiger partial charge in [-0.2, -0.15) is 4.31 Å². The maximum Gasteiger partial charge on any atom is 0.321 e. The molecular formula is C16H18ClN3O3S2. The van der Waals surface area contributed by atoms with Gasteiger partial charge in [0.1, 0.15) is 4.21 Å². The molecule has 3 rings (SSSR count). The molecule has 1 aromatic carbocycles. The fourth-order valence-electron chi connectivity index (χ4n) is 2.62. The van der Waals surface area contributed by atoms with Crippen molar-refractivity contribution in [1.29, 1.82) is 0 Å². The Balaban J connectivity index is 1.61. The third kappa shape index (κ3) is 4.14. The number of nitrogens with zero attached hydrogens (tertiary/aromatic N) is 2. The van der Waals surface area contributed by atoms with Crippen LogP contribution in [0.2, 0.25) is 4.34 Å². The number of halogens is 1. The molecule has 0 unspecified atom stereocenters. The van der Waals surface area contributed by atoms with Crippen LogP contribution in [0.1, 0.15) is 5.56 Å². The second kappa shape index (κ2) is 7.33. The minimum absolute atomic E-state index is 0.221. The fraction of sp³-hybridized carbons (Fsp3) is 0.312. The Labute approximate surface area is 156 Å². The van der Waals surface area contributed by atoms with E-state index in [1.165, 1.54) is 10.4 Å². The predicted octanol–water partition coefficient (Wildman–Crippen LogP) is 3.25. The molecule has 0 radical (unpaired) electrons. The van der Waals surface area contributed by atoms with E-state index >= 15 is 0 Å². The summed E-state index contributed by atoms with van der Waals surface area (Å²) >= 11 is 6.87. The van der Waals surface area contributed by atoms with E-state index in [2.05, 4.69) is 5.32 Å². The molecule has 0 atom stereocenters. The number of sulfonamides is 1. The summed E-state index contributed by atoms with van der Waals surface area (Å²) in [5, 5.41) is 2.84. The molecule has 134 valence electrons. The minimum Gasteiger partial charge on any atom is -0.322 e. The van der Waals surface area contributed by atoms with Gasteiger partial charge in [-0.05, 0) is 36.8 Å². The number of hydrogen-bond donors (Lipinski definition) is 1. The Morgan fingerprint density at radius 3 is 2.48 bits per heavy atom. The van der Waals surface area contributed by atoms with Crippen LogP contribution in [0.15, 0.2) is 40.6 Å². The van der Waals surface area contributed by atoms with E-state index in [0.717, 1.165) is 22.6 Å². The van der Waals surface area contributed by atoms with Crippen molar-refractivity contribution in [3.8, 4) is 0 Å². The molecule has 0 spiro atoms. The third-order valence-electron chi connectivity index (χ3n) is 3.94. The van der Waals surface area contributed by atoms with Crippen molar-refractivity contribution in [3.63, 3.8) is 0 Å². The number of nitrogens with one attached hydrogen (secondary N) is 1. The zero-order chi connectivity index (χ0) is 18.0. The second-order valence-electron chi connectivity index (χ2n) is 5.75. The molecule has 2 amide bonds. The lowest BCUT2D eigenvalue weighted by Crippen LogP contribution is -2.51. The highest BCUT2D eigenvalue weighted by atomic mass is 35.5. The van der Waals surface area contributed by atoms with E-state index in [-0.39, 0.29) is 23.3 Å². The molecular weight excluding hydrogens is 382 g/mol. The highest BCUT2D eigenvalue weighted by molar-refractivity contribution is 7.91. The number of anilines is 1. The van der Waals surface area contributed by atoms with Crippen molar-refractivity contribution in [2.24, 2.45) is 0 Å².